The van der Waals surface area contributed by atoms with Crippen LogP contribution >= 0.6 is 23.7 Å². The van der Waals surface area contributed by atoms with Gasteiger partial charge in [0.15, 0.2) is 5.69 Å². The van der Waals surface area contributed by atoms with Gasteiger partial charge in [-0.05, 0) is 44.0 Å². The monoisotopic (exact) mass is 389 g/mol. The Kier molecular flexibility index (Phi) is 4.69. The first-order chi connectivity index (χ1) is 12.3. The molecule has 136 valence electrons. The summed E-state index contributed by atoms with van der Waals surface area (Å²) in [4.78, 5) is 19.5. The van der Waals surface area contributed by atoms with Gasteiger partial charge in [-0.2, -0.15) is 5.10 Å². The number of carbonyl (C=O) groups excluding carboxylic acids is 1. The van der Waals surface area contributed by atoms with E-state index in [2.05, 4.69) is 25.4 Å². The van der Waals surface area contributed by atoms with E-state index in [9.17, 15) is 4.79 Å². The SMILES string of the molecule is Cl.O=C(N[C@@H]1CN2CCC1CC2)c1n[nH]c2cc(-c3nccs3)ccc12. The summed E-state index contributed by atoms with van der Waals surface area (Å²) in [6.07, 6.45) is 4.16. The van der Waals surface area contributed by atoms with Gasteiger partial charge in [0.25, 0.3) is 5.91 Å². The van der Waals surface area contributed by atoms with Crippen molar-refractivity contribution < 1.29 is 4.79 Å². The molecule has 3 aromatic rings. The van der Waals surface area contributed by atoms with Gasteiger partial charge in [-0.25, -0.2) is 4.98 Å². The van der Waals surface area contributed by atoms with Crippen LogP contribution in [0.15, 0.2) is 29.8 Å². The number of thiazole rings is 1. The molecular weight excluding hydrogens is 370 g/mol. The van der Waals surface area contributed by atoms with Gasteiger partial charge in [-0.15, -0.1) is 23.7 Å². The summed E-state index contributed by atoms with van der Waals surface area (Å²) in [5, 5.41) is 14.3. The molecule has 5 heterocycles. The van der Waals surface area contributed by atoms with E-state index in [0.29, 0.717) is 11.6 Å². The first kappa shape index (κ1) is 17.5. The molecule has 0 aliphatic carbocycles. The van der Waals surface area contributed by atoms with Gasteiger partial charge in [0.1, 0.15) is 5.01 Å². The average molecular weight is 390 g/mol. The highest BCUT2D eigenvalue weighted by Gasteiger charge is 2.35. The van der Waals surface area contributed by atoms with E-state index in [1.54, 1.807) is 17.5 Å². The number of H-pyrrole nitrogens is 1. The molecule has 1 atom stereocenters. The molecule has 3 aliphatic heterocycles. The lowest BCUT2D eigenvalue weighted by Gasteiger charge is -2.44. The van der Waals surface area contributed by atoms with E-state index >= 15 is 0 Å². The van der Waals surface area contributed by atoms with Crippen molar-refractivity contribution in [3.63, 3.8) is 0 Å². The molecule has 0 unspecified atom stereocenters. The maximum Gasteiger partial charge on any atom is 0.272 e. The zero-order valence-corrected chi connectivity index (χ0v) is 15.8. The van der Waals surface area contributed by atoms with E-state index in [1.807, 2.05) is 23.6 Å². The molecule has 8 heteroatoms. The van der Waals surface area contributed by atoms with Crippen LogP contribution in [0.1, 0.15) is 23.3 Å². The van der Waals surface area contributed by atoms with Crippen molar-refractivity contribution in [1.29, 1.82) is 0 Å². The number of amides is 1. The van der Waals surface area contributed by atoms with Gasteiger partial charge in [0.05, 0.1) is 5.52 Å². The van der Waals surface area contributed by atoms with Gasteiger partial charge < -0.3 is 10.2 Å². The molecule has 0 saturated carbocycles. The van der Waals surface area contributed by atoms with Crippen LogP contribution in [0.4, 0.5) is 0 Å². The summed E-state index contributed by atoms with van der Waals surface area (Å²) in [6.45, 7) is 3.30. The molecule has 6 nitrogen and oxygen atoms in total. The predicted octanol–water partition coefficient (Wildman–Crippen LogP) is 2.93. The lowest BCUT2D eigenvalue weighted by molar-refractivity contribution is 0.0618. The van der Waals surface area contributed by atoms with Crippen molar-refractivity contribution >= 4 is 40.6 Å². The molecule has 3 saturated heterocycles. The smallest absolute Gasteiger partial charge is 0.272 e. The number of nitrogens with zero attached hydrogens (tertiary/aromatic N) is 3. The summed E-state index contributed by atoms with van der Waals surface area (Å²) in [6, 6.07) is 6.21. The van der Waals surface area contributed by atoms with Crippen LogP contribution in [0.3, 0.4) is 0 Å². The minimum Gasteiger partial charge on any atom is -0.346 e. The summed E-state index contributed by atoms with van der Waals surface area (Å²) in [7, 11) is 0. The quantitative estimate of drug-likeness (QED) is 0.722. The average Bonchev–Trinajstić information content (AvgIpc) is 3.32. The lowest BCUT2D eigenvalue weighted by atomic mass is 9.84. The Bertz CT molecular complexity index is 917. The Labute approximate surface area is 161 Å². The summed E-state index contributed by atoms with van der Waals surface area (Å²) < 4.78 is 0. The number of nitrogens with one attached hydrogen (secondary N) is 2. The third-order valence-corrected chi connectivity index (χ3v) is 6.25. The van der Waals surface area contributed by atoms with Crippen LogP contribution in [-0.2, 0) is 0 Å². The Hall–Kier alpha value is -1.96. The van der Waals surface area contributed by atoms with E-state index in [4.69, 9.17) is 0 Å². The lowest BCUT2D eigenvalue weighted by Crippen LogP contribution is -2.57. The zero-order chi connectivity index (χ0) is 16.8. The third-order valence-electron chi connectivity index (χ3n) is 5.43. The largest absolute Gasteiger partial charge is 0.346 e. The number of rotatable bonds is 3. The van der Waals surface area contributed by atoms with Crippen LogP contribution in [0.2, 0.25) is 0 Å². The molecule has 3 aliphatic rings. The molecule has 6 rings (SSSR count). The van der Waals surface area contributed by atoms with Crippen LogP contribution in [0, 0.1) is 5.92 Å². The molecule has 2 N–H and O–H groups in total. The molecule has 26 heavy (non-hydrogen) atoms. The Morgan fingerprint density at radius 3 is 2.85 bits per heavy atom. The fourth-order valence-corrected chi connectivity index (χ4v) is 4.69. The number of halogens is 1. The maximum atomic E-state index is 12.8. The van der Waals surface area contributed by atoms with Crippen molar-refractivity contribution in [1.82, 2.24) is 25.4 Å². The van der Waals surface area contributed by atoms with E-state index in [-0.39, 0.29) is 24.4 Å². The standard InChI is InChI=1S/C18H19N5OS.ClH/c24-17(20-15-10-23-6-3-11(15)4-7-23)16-13-2-1-12(9-14(13)21-22-16)18-19-5-8-25-18;/h1-2,5,8-9,11,15H,3-4,6-7,10H2,(H,20,24)(H,21,22);1H/t15-;/m1./s1. The third kappa shape index (κ3) is 3.00. The number of hydrogen-bond acceptors (Lipinski definition) is 5. The van der Waals surface area contributed by atoms with Crippen molar-refractivity contribution in [2.45, 2.75) is 18.9 Å². The molecule has 1 amide bonds. The van der Waals surface area contributed by atoms with Gasteiger partial charge in [-0.3, -0.25) is 9.89 Å². The van der Waals surface area contributed by atoms with Crippen molar-refractivity contribution in [2.24, 2.45) is 5.92 Å². The van der Waals surface area contributed by atoms with Gasteiger partial charge in [0, 0.05) is 35.1 Å². The zero-order valence-electron chi connectivity index (χ0n) is 14.1. The minimum absolute atomic E-state index is 0. The van der Waals surface area contributed by atoms with E-state index in [1.165, 1.54) is 25.9 Å². The first-order valence-electron chi connectivity index (χ1n) is 8.69. The fraction of sp³-hybridized carbons (Fsp3) is 0.389. The Morgan fingerprint density at radius 2 is 2.15 bits per heavy atom. The highest BCUT2D eigenvalue weighted by atomic mass is 35.5. The molecule has 1 aromatic carbocycles. The van der Waals surface area contributed by atoms with Crippen molar-refractivity contribution in [3.05, 3.63) is 35.5 Å². The van der Waals surface area contributed by atoms with Crippen molar-refractivity contribution in [2.75, 3.05) is 19.6 Å². The minimum atomic E-state index is -0.0769. The van der Waals surface area contributed by atoms with Gasteiger partial charge in [0.2, 0.25) is 0 Å². The highest BCUT2D eigenvalue weighted by molar-refractivity contribution is 7.13. The topological polar surface area (TPSA) is 73.9 Å². The van der Waals surface area contributed by atoms with Crippen molar-refractivity contribution in [3.8, 4) is 10.6 Å². The van der Waals surface area contributed by atoms with Crippen LogP contribution in [0.5, 0.6) is 0 Å². The maximum absolute atomic E-state index is 12.8. The first-order valence-corrected chi connectivity index (χ1v) is 9.57. The molecule has 2 aromatic heterocycles. The highest BCUT2D eigenvalue weighted by Crippen LogP contribution is 2.29. The predicted molar refractivity (Wildman–Crippen MR) is 105 cm³/mol. The van der Waals surface area contributed by atoms with Crippen LogP contribution < -0.4 is 5.32 Å². The van der Waals surface area contributed by atoms with Gasteiger partial charge >= 0.3 is 0 Å². The number of piperidine rings is 3. The molecule has 2 bridgehead atoms. The normalized spacial score (nSPS) is 24.4. The number of carbonyl (C=O) groups is 1. The molecular formula is C18H20ClN5OS. The number of fused-ring (bicyclic) bond motifs is 4. The van der Waals surface area contributed by atoms with E-state index in [0.717, 1.165) is 28.0 Å². The number of hydrogen-bond donors (Lipinski definition) is 2. The summed E-state index contributed by atoms with van der Waals surface area (Å²) in [5.41, 5.74) is 2.39. The van der Waals surface area contributed by atoms with Crippen LogP contribution in [-0.4, -0.2) is 51.7 Å². The number of aromatic amines is 1. The summed E-state index contributed by atoms with van der Waals surface area (Å²) >= 11 is 1.60. The van der Waals surface area contributed by atoms with Crippen LogP contribution in [0.25, 0.3) is 21.5 Å². The summed E-state index contributed by atoms with van der Waals surface area (Å²) in [5.74, 6) is 0.530. The molecule has 0 spiro atoms. The number of aromatic nitrogens is 3. The van der Waals surface area contributed by atoms with Gasteiger partial charge in [-0.1, -0.05) is 6.07 Å². The second-order valence-corrected chi connectivity index (χ2v) is 7.78. The Balaban J connectivity index is 0.00000168. The molecule has 0 radical (unpaired) electrons. The Morgan fingerprint density at radius 1 is 1.31 bits per heavy atom. The number of benzene rings is 1. The fourth-order valence-electron chi connectivity index (χ4n) is 4.06. The molecule has 3 fully saturated rings. The second-order valence-electron chi connectivity index (χ2n) is 6.89. The van der Waals surface area contributed by atoms with E-state index < -0.39 is 0 Å². The second kappa shape index (κ2) is 6.98.